The SMILES string of the molecule is ClCCl.O=C(O)C(F)(F)F.O=C(O)C(F)(F)F.O=C(O)C(F)(F)F.O=C(O)C(F)(F)F.O=C(O)C(F)(F)F. The molecule has 0 radical (unpaired) electrons. The highest BCUT2D eigenvalue weighted by Gasteiger charge is 2.40. The average molecular weight is 655 g/mol. The molecule has 0 aliphatic rings. The van der Waals surface area contributed by atoms with Crippen LogP contribution in [0.25, 0.3) is 0 Å². The van der Waals surface area contributed by atoms with E-state index in [0.29, 0.717) is 0 Å². The van der Waals surface area contributed by atoms with E-state index in [2.05, 4.69) is 0 Å². The summed E-state index contributed by atoms with van der Waals surface area (Å²) in [4.78, 5) is 44.5. The molecule has 0 aromatic heterocycles. The largest absolute Gasteiger partial charge is 0.490 e. The monoisotopic (exact) mass is 654 g/mol. The summed E-state index contributed by atoms with van der Waals surface area (Å²) in [5.41, 5.74) is 0. The number of hydrogen-bond acceptors (Lipinski definition) is 5. The molecule has 0 atom stereocenters. The van der Waals surface area contributed by atoms with E-state index in [1.165, 1.54) is 0 Å². The van der Waals surface area contributed by atoms with Crippen molar-refractivity contribution in [2.24, 2.45) is 0 Å². The Hall–Kier alpha value is -3.12. The predicted molar refractivity (Wildman–Crippen MR) is 85.0 cm³/mol. The molecule has 0 fully saturated rings. The number of halogens is 17. The van der Waals surface area contributed by atoms with E-state index in [0.717, 1.165) is 0 Å². The van der Waals surface area contributed by atoms with Crippen molar-refractivity contribution in [3.05, 3.63) is 0 Å². The molecule has 0 heterocycles. The molecule has 0 amide bonds. The molecule has 0 unspecified atom stereocenters. The molecule has 38 heavy (non-hydrogen) atoms. The molecular weight excluding hydrogens is 648 g/mol. The zero-order chi connectivity index (χ0) is 33.1. The van der Waals surface area contributed by atoms with Crippen LogP contribution < -0.4 is 0 Å². The third-order valence-electron chi connectivity index (χ3n) is 1.21. The van der Waals surface area contributed by atoms with Crippen molar-refractivity contribution in [2.45, 2.75) is 30.9 Å². The summed E-state index contributed by atoms with van der Waals surface area (Å²) in [5, 5.41) is 35.8. The van der Waals surface area contributed by atoms with Gasteiger partial charge in [0.25, 0.3) is 0 Å². The Bertz CT molecular complexity index is 584. The molecule has 0 saturated carbocycles. The fourth-order valence-corrected chi connectivity index (χ4v) is 0. The van der Waals surface area contributed by atoms with Gasteiger partial charge in [-0.3, -0.25) is 0 Å². The first kappa shape index (κ1) is 48.0. The van der Waals surface area contributed by atoms with Gasteiger partial charge < -0.3 is 25.5 Å². The van der Waals surface area contributed by atoms with Crippen LogP contribution in [0.5, 0.6) is 0 Å². The molecule has 0 aromatic rings. The third kappa shape index (κ3) is 46.2. The first-order valence-corrected chi connectivity index (χ1v) is 7.83. The topological polar surface area (TPSA) is 186 Å². The Balaban J connectivity index is -0.0000000820. The standard InChI is InChI=1S/5C2HF3O2.CH2Cl2/c5*3-2(4,5)1(6)7;2-1-3/h5*(H,6,7);1H2. The molecule has 10 nitrogen and oxygen atoms in total. The van der Waals surface area contributed by atoms with Crippen LogP contribution in [0, 0.1) is 0 Å². The van der Waals surface area contributed by atoms with Gasteiger partial charge in [0.05, 0.1) is 5.34 Å². The fourth-order valence-electron chi connectivity index (χ4n) is 0. The van der Waals surface area contributed by atoms with Gasteiger partial charge in [0.15, 0.2) is 0 Å². The van der Waals surface area contributed by atoms with Gasteiger partial charge in [-0.15, -0.1) is 23.2 Å². The van der Waals surface area contributed by atoms with Gasteiger partial charge in [-0.2, -0.15) is 65.9 Å². The molecule has 27 heteroatoms. The second kappa shape index (κ2) is 19.9. The molecule has 5 N–H and O–H groups in total. The van der Waals surface area contributed by atoms with E-state index in [1.54, 1.807) is 0 Å². The van der Waals surface area contributed by atoms with Crippen LogP contribution in [0.15, 0.2) is 0 Å². The maximum atomic E-state index is 10.6. The van der Waals surface area contributed by atoms with Gasteiger partial charge in [0, 0.05) is 0 Å². The lowest BCUT2D eigenvalue weighted by molar-refractivity contribution is -0.193. The van der Waals surface area contributed by atoms with Gasteiger partial charge >= 0.3 is 60.7 Å². The summed E-state index contributed by atoms with van der Waals surface area (Å²) in [7, 11) is 0. The van der Waals surface area contributed by atoms with Crippen molar-refractivity contribution in [3.63, 3.8) is 0 Å². The van der Waals surface area contributed by atoms with Gasteiger partial charge in [0.1, 0.15) is 0 Å². The fraction of sp³-hybridized carbons (Fsp3) is 0.545. The van der Waals surface area contributed by atoms with Crippen molar-refractivity contribution in [3.8, 4) is 0 Å². The van der Waals surface area contributed by atoms with E-state index in [1.807, 2.05) is 0 Å². The van der Waals surface area contributed by atoms with Crippen LogP contribution in [0.4, 0.5) is 65.9 Å². The lowest BCUT2D eigenvalue weighted by atomic mass is 10.7. The second-order valence-corrected chi connectivity index (χ2v) is 4.92. The highest BCUT2D eigenvalue weighted by Crippen LogP contribution is 2.15. The Kier molecular flexibility index (Phi) is 25.2. The zero-order valence-corrected chi connectivity index (χ0v) is 17.9. The van der Waals surface area contributed by atoms with E-state index >= 15 is 0 Å². The van der Waals surface area contributed by atoms with E-state index in [9.17, 15) is 65.9 Å². The van der Waals surface area contributed by atoms with Crippen LogP contribution in [0.3, 0.4) is 0 Å². The molecule has 0 saturated heterocycles. The highest BCUT2D eigenvalue weighted by molar-refractivity contribution is 6.40. The van der Waals surface area contributed by atoms with E-state index in [4.69, 9.17) is 72.7 Å². The molecular formula is C11H7Cl2F15O10. The summed E-state index contributed by atoms with van der Waals surface area (Å²) in [5.74, 6) is -13.8. The Morgan fingerprint density at radius 2 is 0.395 bits per heavy atom. The number of carbonyl (C=O) groups is 5. The van der Waals surface area contributed by atoms with Crippen LogP contribution in [0.2, 0.25) is 0 Å². The minimum Gasteiger partial charge on any atom is -0.475 e. The number of alkyl halides is 17. The molecule has 0 aromatic carbocycles. The lowest BCUT2D eigenvalue weighted by Gasteiger charge is -1.93. The molecule has 0 aliphatic carbocycles. The summed E-state index contributed by atoms with van der Waals surface area (Å²) >= 11 is 9.53. The number of carboxylic acids is 5. The quantitative estimate of drug-likeness (QED) is 0.183. The van der Waals surface area contributed by atoms with Crippen molar-refractivity contribution < 1.29 is 115 Å². The number of hydrogen-bond donors (Lipinski definition) is 5. The summed E-state index contributed by atoms with van der Waals surface area (Å²) in [6.07, 6.45) is -25.4. The summed E-state index contributed by atoms with van der Waals surface area (Å²) < 4.78 is 159. The van der Waals surface area contributed by atoms with Crippen LogP contribution in [-0.2, 0) is 24.0 Å². The average Bonchev–Trinajstić information content (AvgIpc) is 2.60. The smallest absolute Gasteiger partial charge is 0.475 e. The van der Waals surface area contributed by atoms with E-state index < -0.39 is 60.7 Å². The van der Waals surface area contributed by atoms with Crippen LogP contribution in [0.1, 0.15) is 0 Å². The van der Waals surface area contributed by atoms with Crippen molar-refractivity contribution in [2.75, 3.05) is 5.34 Å². The Morgan fingerprint density at radius 3 is 0.395 bits per heavy atom. The Morgan fingerprint density at radius 1 is 0.368 bits per heavy atom. The van der Waals surface area contributed by atoms with Crippen molar-refractivity contribution >= 4 is 53.0 Å². The molecule has 0 spiro atoms. The number of carboxylic acid groups (broad SMARTS) is 5. The second-order valence-electron chi connectivity index (χ2n) is 4.12. The molecule has 0 bridgehead atoms. The lowest BCUT2D eigenvalue weighted by Crippen LogP contribution is -2.21. The first-order valence-electron chi connectivity index (χ1n) is 6.76. The minimum absolute atomic E-state index is 0.194. The minimum atomic E-state index is -5.08. The van der Waals surface area contributed by atoms with Gasteiger partial charge in [-0.25, -0.2) is 24.0 Å². The molecule has 0 rings (SSSR count). The Labute approximate surface area is 205 Å². The van der Waals surface area contributed by atoms with Crippen LogP contribution in [-0.4, -0.2) is 91.6 Å². The third-order valence-corrected chi connectivity index (χ3v) is 1.21. The summed E-state index contributed by atoms with van der Waals surface area (Å²) in [6.45, 7) is 0. The maximum Gasteiger partial charge on any atom is 0.490 e. The first-order chi connectivity index (χ1) is 16.1. The molecule has 0 aliphatic heterocycles. The van der Waals surface area contributed by atoms with Gasteiger partial charge in [-0.05, 0) is 0 Å². The van der Waals surface area contributed by atoms with E-state index in [-0.39, 0.29) is 5.34 Å². The number of aliphatic carboxylic acids is 5. The number of rotatable bonds is 0. The molecule has 230 valence electrons. The predicted octanol–water partition coefficient (Wildman–Crippen LogP) is 4.59. The van der Waals surface area contributed by atoms with Gasteiger partial charge in [-0.1, -0.05) is 0 Å². The van der Waals surface area contributed by atoms with Crippen molar-refractivity contribution in [1.29, 1.82) is 0 Å². The zero-order valence-electron chi connectivity index (χ0n) is 16.4. The van der Waals surface area contributed by atoms with Crippen LogP contribution >= 0.6 is 23.2 Å². The summed E-state index contributed by atoms with van der Waals surface area (Å²) in [6, 6.07) is 0. The van der Waals surface area contributed by atoms with Crippen molar-refractivity contribution in [1.82, 2.24) is 0 Å². The normalized spacial score (nSPS) is 10.9. The van der Waals surface area contributed by atoms with Gasteiger partial charge in [0.2, 0.25) is 0 Å². The highest BCUT2D eigenvalue weighted by atomic mass is 35.5. The maximum absolute atomic E-state index is 10.6.